The van der Waals surface area contributed by atoms with Gasteiger partial charge >= 0.3 is 0 Å². The van der Waals surface area contributed by atoms with Crippen LogP contribution < -0.4 is 14.5 Å². The summed E-state index contributed by atoms with van der Waals surface area (Å²) in [6.07, 6.45) is 1.47. The molecule has 16 rings (SSSR count). The first-order chi connectivity index (χ1) is 47.6. The molecule has 0 N–H and O–H groups in total. The van der Waals surface area contributed by atoms with Gasteiger partial charge in [-0.15, -0.1) is 48.0 Å². The Labute approximate surface area is 568 Å². The Morgan fingerprint density at radius 1 is 0.500 bits per heavy atom. The van der Waals surface area contributed by atoms with Gasteiger partial charge in [0, 0.05) is 93.0 Å². The normalized spacial score (nSPS) is 15.9. The van der Waals surface area contributed by atoms with Crippen LogP contribution >= 0.6 is 0 Å². The Balaban J connectivity index is 0.00000827. The maximum absolute atomic E-state index is 9.76. The van der Waals surface area contributed by atoms with Gasteiger partial charge in [-0.1, -0.05) is 242 Å². The van der Waals surface area contributed by atoms with Crippen LogP contribution in [0.25, 0.3) is 72.1 Å². The molecule has 6 heteroatoms. The summed E-state index contributed by atoms with van der Waals surface area (Å²) < 4.78 is 87.6. The fourth-order valence-electron chi connectivity index (χ4n) is 14.7. The van der Waals surface area contributed by atoms with Crippen LogP contribution in [0, 0.1) is 32.5 Å². The summed E-state index contributed by atoms with van der Waals surface area (Å²) in [4.78, 5) is 8.95. The molecule has 0 amide bonds. The van der Waals surface area contributed by atoms with Crippen molar-refractivity contribution in [2.45, 2.75) is 90.8 Å². The molecule has 3 aliphatic rings. The first-order valence-electron chi connectivity index (χ1n) is 35.7. The van der Waals surface area contributed by atoms with Crippen molar-refractivity contribution in [1.29, 1.82) is 0 Å². The van der Waals surface area contributed by atoms with Crippen molar-refractivity contribution in [3.8, 4) is 61.8 Å². The van der Waals surface area contributed by atoms with Crippen LogP contribution in [0.5, 0.6) is 11.5 Å². The van der Waals surface area contributed by atoms with E-state index in [1.807, 2.05) is 64.7 Å². The Morgan fingerprint density at radius 2 is 1.12 bits per heavy atom. The van der Waals surface area contributed by atoms with E-state index in [4.69, 9.17) is 17.9 Å². The molecule has 1 aliphatic heterocycles. The van der Waals surface area contributed by atoms with Crippen LogP contribution in [0.2, 0.25) is 0 Å². The Kier molecular flexibility index (Phi) is 11.7. The molecule has 5 nitrogen and oxygen atoms in total. The van der Waals surface area contributed by atoms with E-state index in [1.165, 1.54) is 80.0 Å². The zero-order valence-electron chi connectivity index (χ0n) is 61.5. The molecule has 13 aromatic rings. The maximum Gasteiger partial charge on any atom is 0.135 e. The summed E-state index contributed by atoms with van der Waals surface area (Å²) in [6, 6.07) is 80.5. The van der Waals surface area contributed by atoms with Gasteiger partial charge in [-0.3, -0.25) is 0 Å². The maximum atomic E-state index is 9.76. The number of rotatable bonds is 8. The predicted octanol–water partition coefficient (Wildman–Crippen LogP) is 22.2. The largest absolute Gasteiger partial charge is 0.509 e. The second-order valence-electron chi connectivity index (χ2n) is 27.0. The number of nitrogens with zero attached hydrogens (tertiary/aromatic N) is 4. The molecule has 92 heavy (non-hydrogen) atoms. The molecule has 11 aromatic carbocycles. The summed E-state index contributed by atoms with van der Waals surface area (Å²) in [5.74, 6) is 0.329. The van der Waals surface area contributed by atoms with Crippen LogP contribution in [0.15, 0.2) is 243 Å². The van der Waals surface area contributed by atoms with Crippen molar-refractivity contribution in [2.24, 2.45) is 0 Å². The standard InChI is InChI=1S/C86H71N4O.Pt/c1-54-24-21-25-56(44-54)70-52-87-81(45-55(70)2)90-77-37-18-12-29-68(77)69-43-41-63(51-80(69)90)91-62-27-22-26-61(50-62)88-53-89(79-39-20-19-38-78(79)88)82-64(30-23-31-65(82)58-46-59(83(3,4)5)49-60(47-58)84(6,7)8)57-40-42-67-66-28-11-13-32-71(66)86(76(67)48-57)74-35-16-14-33-72(74)85(9,10)73-34-15-17-36-75(73)86;/h11-49,52-53H,1-10H3;/q-3;/i1D3,2D3,22D,26D,27D;. The zero-order chi connectivity index (χ0) is 69.9. The summed E-state index contributed by atoms with van der Waals surface area (Å²) in [5.41, 5.74) is 19.6. The molecule has 0 unspecified atom stereocenters. The second-order valence-corrected chi connectivity index (χ2v) is 27.0. The molecule has 3 heterocycles. The van der Waals surface area contributed by atoms with Crippen molar-refractivity contribution in [1.82, 2.24) is 9.55 Å². The smallest absolute Gasteiger partial charge is 0.135 e. The number of ether oxygens (including phenoxy) is 1. The van der Waals surface area contributed by atoms with Crippen molar-refractivity contribution >= 4 is 44.6 Å². The van der Waals surface area contributed by atoms with E-state index in [2.05, 4.69) is 206 Å². The number of pyridine rings is 1. The van der Waals surface area contributed by atoms with Crippen molar-refractivity contribution in [3.05, 3.63) is 317 Å². The number of anilines is 4. The van der Waals surface area contributed by atoms with Gasteiger partial charge < -0.3 is 19.1 Å². The topological polar surface area (TPSA) is 33.5 Å². The number of aromatic nitrogens is 2. The first kappa shape index (κ1) is 49.2. The van der Waals surface area contributed by atoms with Crippen molar-refractivity contribution in [3.63, 3.8) is 0 Å². The molecular weight excluding hydrogens is 1300 g/mol. The number of hydrogen-bond donors (Lipinski definition) is 0. The van der Waals surface area contributed by atoms with Crippen LogP contribution in [0.4, 0.5) is 22.7 Å². The van der Waals surface area contributed by atoms with E-state index in [0.29, 0.717) is 22.3 Å². The van der Waals surface area contributed by atoms with E-state index in [-0.39, 0.29) is 95.1 Å². The average Bonchev–Trinajstić information content (AvgIpc) is 1.57. The van der Waals surface area contributed by atoms with Crippen LogP contribution in [0.1, 0.15) is 123 Å². The third kappa shape index (κ3) is 9.24. The molecule has 0 bridgehead atoms. The van der Waals surface area contributed by atoms with E-state index in [0.717, 1.165) is 44.4 Å². The molecule has 2 aliphatic carbocycles. The molecule has 0 atom stereocenters. The summed E-state index contributed by atoms with van der Waals surface area (Å²) in [5, 5.41) is 1.59. The van der Waals surface area contributed by atoms with E-state index in [9.17, 15) is 4.11 Å². The summed E-state index contributed by atoms with van der Waals surface area (Å²) in [7, 11) is 0. The SMILES string of the molecule is [2H]c1c(Oc2[c-]c3c(cc2)c2ccccc2n3-c2cc(C([2H])([2H])[2H])c(-c3cccc(C([2H])([2H])[2H])c3)cn2)[c-]c(N2[CH-]N(c3c(-c4cc(C(C)(C)C)cc(C(C)(C)C)c4)cccc3-c3ccc4c(c3)C3(c5ccccc5-4)c4ccccc4C(C)(C)c4ccccc43)c3ccccc32)c([2H])c1[2H].[Pt]. The van der Waals surface area contributed by atoms with Gasteiger partial charge in [0.05, 0.1) is 5.41 Å². The fraction of sp³-hybridized carbons (Fsp3) is 0.163. The molecule has 454 valence electrons. The van der Waals surface area contributed by atoms with Crippen LogP contribution in [-0.4, -0.2) is 9.55 Å². The van der Waals surface area contributed by atoms with E-state index < -0.39 is 19.1 Å². The number of benzene rings is 11. The van der Waals surface area contributed by atoms with Gasteiger partial charge in [0.1, 0.15) is 5.82 Å². The molecular formula is C86H71N4OPt-3. The number of fused-ring (bicyclic) bond motifs is 13. The Hall–Kier alpha value is -9.54. The van der Waals surface area contributed by atoms with Crippen molar-refractivity contribution < 1.29 is 38.1 Å². The molecule has 2 aromatic heterocycles. The molecule has 0 radical (unpaired) electrons. The molecule has 1 spiro atoms. The third-order valence-electron chi connectivity index (χ3n) is 19.1. The Bertz CT molecular complexity index is 5480. The van der Waals surface area contributed by atoms with E-state index in [1.54, 1.807) is 18.2 Å². The number of aryl methyl sites for hydroxylation is 2. The van der Waals surface area contributed by atoms with Gasteiger partial charge in [0.2, 0.25) is 0 Å². The molecule has 0 saturated carbocycles. The summed E-state index contributed by atoms with van der Waals surface area (Å²) >= 11 is 0. The van der Waals surface area contributed by atoms with Gasteiger partial charge in [0.25, 0.3) is 0 Å². The third-order valence-corrected chi connectivity index (χ3v) is 19.1. The second kappa shape index (κ2) is 21.8. The van der Waals surface area contributed by atoms with Crippen LogP contribution in [0.3, 0.4) is 0 Å². The minimum absolute atomic E-state index is 0. The first-order valence-corrected chi connectivity index (χ1v) is 31.2. The number of hydrogen-bond acceptors (Lipinski definition) is 4. The minimum Gasteiger partial charge on any atom is -0.509 e. The van der Waals surface area contributed by atoms with Gasteiger partial charge in [-0.2, -0.15) is 12.1 Å². The number of para-hydroxylation sites is 4. The Morgan fingerprint density at radius 3 is 1.84 bits per heavy atom. The fourth-order valence-corrected chi connectivity index (χ4v) is 14.7. The minimum atomic E-state index is -2.63. The monoisotopic (exact) mass is 1380 g/mol. The van der Waals surface area contributed by atoms with Gasteiger partial charge in [-0.05, 0) is 141 Å². The van der Waals surface area contributed by atoms with Crippen molar-refractivity contribution in [2.75, 3.05) is 9.80 Å². The molecule has 0 saturated heterocycles. The quantitative estimate of drug-likeness (QED) is 0.142. The zero-order valence-corrected chi connectivity index (χ0v) is 54.7. The molecule has 0 fully saturated rings. The summed E-state index contributed by atoms with van der Waals surface area (Å²) in [6.45, 7) is 15.2. The van der Waals surface area contributed by atoms with Crippen LogP contribution in [-0.2, 0) is 42.7 Å². The van der Waals surface area contributed by atoms with E-state index >= 15 is 0 Å². The average molecular weight is 1380 g/mol. The van der Waals surface area contributed by atoms with Gasteiger partial charge in [0.15, 0.2) is 0 Å². The predicted molar refractivity (Wildman–Crippen MR) is 377 cm³/mol. The van der Waals surface area contributed by atoms with Gasteiger partial charge in [-0.25, -0.2) is 4.98 Å².